The lowest BCUT2D eigenvalue weighted by Gasteiger charge is -2.32. The lowest BCUT2D eigenvalue weighted by atomic mass is 9.79. The predicted molar refractivity (Wildman–Crippen MR) is 75.8 cm³/mol. The molecule has 0 bridgehead atoms. The van der Waals surface area contributed by atoms with E-state index in [1.807, 2.05) is 12.1 Å². The Morgan fingerprint density at radius 1 is 1.11 bits per heavy atom. The van der Waals surface area contributed by atoms with Crippen LogP contribution in [0.2, 0.25) is 0 Å². The molecular formula is C16H25NO. The average Bonchev–Trinajstić information content (AvgIpc) is 2.36. The Morgan fingerprint density at radius 2 is 1.83 bits per heavy atom. The molecule has 2 rings (SSSR count). The number of rotatable bonds is 4. The fourth-order valence-corrected chi connectivity index (χ4v) is 2.82. The highest BCUT2D eigenvalue weighted by Crippen LogP contribution is 2.29. The van der Waals surface area contributed by atoms with E-state index in [9.17, 15) is 5.11 Å². The number of hydrogen-bond donors (Lipinski definition) is 2. The van der Waals surface area contributed by atoms with Crippen molar-refractivity contribution in [3.05, 3.63) is 29.8 Å². The van der Waals surface area contributed by atoms with Crippen molar-refractivity contribution in [2.45, 2.75) is 45.6 Å². The van der Waals surface area contributed by atoms with Crippen LogP contribution in [0, 0.1) is 11.8 Å². The summed E-state index contributed by atoms with van der Waals surface area (Å²) in [6, 6.07) is 8.23. The summed E-state index contributed by atoms with van der Waals surface area (Å²) in [6.45, 7) is 5.78. The van der Waals surface area contributed by atoms with E-state index in [0.717, 1.165) is 24.8 Å². The minimum absolute atomic E-state index is 0.349. The Kier molecular flexibility index (Phi) is 4.65. The van der Waals surface area contributed by atoms with E-state index < -0.39 is 0 Å². The van der Waals surface area contributed by atoms with Gasteiger partial charge >= 0.3 is 0 Å². The molecule has 0 amide bonds. The summed E-state index contributed by atoms with van der Waals surface area (Å²) in [7, 11) is 0. The maximum Gasteiger partial charge on any atom is 0.115 e. The fraction of sp³-hybridized carbons (Fsp3) is 0.625. The SMILES string of the molecule is CC1CCC(NCCc2ccc(O)cc2)CC1C. The van der Waals surface area contributed by atoms with Crippen LogP contribution in [0.15, 0.2) is 24.3 Å². The van der Waals surface area contributed by atoms with Gasteiger partial charge in [0.15, 0.2) is 0 Å². The van der Waals surface area contributed by atoms with Gasteiger partial charge in [-0.2, -0.15) is 0 Å². The van der Waals surface area contributed by atoms with Gasteiger partial charge in [-0.15, -0.1) is 0 Å². The molecule has 1 aromatic carbocycles. The van der Waals surface area contributed by atoms with Crippen molar-refractivity contribution in [3.8, 4) is 5.75 Å². The highest BCUT2D eigenvalue weighted by molar-refractivity contribution is 5.25. The van der Waals surface area contributed by atoms with Crippen molar-refractivity contribution in [1.29, 1.82) is 0 Å². The lowest BCUT2D eigenvalue weighted by Crippen LogP contribution is -2.37. The van der Waals surface area contributed by atoms with Crippen molar-refractivity contribution in [2.75, 3.05) is 6.54 Å². The fourth-order valence-electron chi connectivity index (χ4n) is 2.82. The minimum Gasteiger partial charge on any atom is -0.508 e. The van der Waals surface area contributed by atoms with Crippen molar-refractivity contribution < 1.29 is 5.11 Å². The van der Waals surface area contributed by atoms with Crippen LogP contribution in [0.4, 0.5) is 0 Å². The molecule has 2 heteroatoms. The largest absolute Gasteiger partial charge is 0.508 e. The molecule has 1 aliphatic carbocycles. The Morgan fingerprint density at radius 3 is 2.50 bits per heavy atom. The average molecular weight is 247 g/mol. The molecule has 3 atom stereocenters. The van der Waals surface area contributed by atoms with E-state index in [2.05, 4.69) is 19.2 Å². The topological polar surface area (TPSA) is 32.3 Å². The predicted octanol–water partition coefficient (Wildman–Crippen LogP) is 3.35. The maximum atomic E-state index is 9.22. The van der Waals surface area contributed by atoms with Gasteiger partial charge in [-0.05, 0) is 61.8 Å². The van der Waals surface area contributed by atoms with Gasteiger partial charge in [-0.1, -0.05) is 26.0 Å². The van der Waals surface area contributed by atoms with E-state index in [-0.39, 0.29) is 0 Å². The van der Waals surface area contributed by atoms with E-state index in [4.69, 9.17) is 0 Å². The van der Waals surface area contributed by atoms with Gasteiger partial charge in [0.2, 0.25) is 0 Å². The van der Waals surface area contributed by atoms with Crippen molar-refractivity contribution in [3.63, 3.8) is 0 Å². The smallest absolute Gasteiger partial charge is 0.115 e. The summed E-state index contributed by atoms with van der Waals surface area (Å²) in [5.41, 5.74) is 1.29. The molecule has 0 spiro atoms. The third-order valence-corrected chi connectivity index (χ3v) is 4.38. The van der Waals surface area contributed by atoms with Crippen LogP contribution < -0.4 is 5.32 Å². The molecule has 0 aliphatic heterocycles. The molecule has 100 valence electrons. The first-order valence-electron chi connectivity index (χ1n) is 7.16. The molecule has 1 fully saturated rings. The molecule has 0 saturated heterocycles. The maximum absolute atomic E-state index is 9.22. The number of phenolic OH excluding ortho intramolecular Hbond substituents is 1. The van der Waals surface area contributed by atoms with E-state index in [1.54, 1.807) is 12.1 Å². The molecule has 2 nitrogen and oxygen atoms in total. The van der Waals surface area contributed by atoms with E-state index in [0.29, 0.717) is 11.8 Å². The number of benzene rings is 1. The molecule has 0 heterocycles. The molecule has 1 aliphatic rings. The Balaban J connectivity index is 1.71. The van der Waals surface area contributed by atoms with Gasteiger partial charge in [0.05, 0.1) is 0 Å². The van der Waals surface area contributed by atoms with Crippen molar-refractivity contribution >= 4 is 0 Å². The summed E-state index contributed by atoms with van der Waals surface area (Å²) in [5.74, 6) is 2.09. The second-order valence-corrected chi connectivity index (χ2v) is 5.84. The molecule has 2 N–H and O–H groups in total. The molecule has 0 radical (unpaired) electrons. The Hall–Kier alpha value is -1.02. The Bertz CT molecular complexity index is 360. The summed E-state index contributed by atoms with van der Waals surface area (Å²) < 4.78 is 0. The van der Waals surface area contributed by atoms with E-state index in [1.165, 1.54) is 24.8 Å². The van der Waals surface area contributed by atoms with Gasteiger partial charge in [-0.25, -0.2) is 0 Å². The standard InChI is InChI=1S/C16H25NO/c1-12-3-6-15(11-13(12)2)17-10-9-14-4-7-16(18)8-5-14/h4-5,7-8,12-13,15,17-18H,3,6,9-11H2,1-2H3. The van der Waals surface area contributed by atoms with Crippen LogP contribution >= 0.6 is 0 Å². The highest BCUT2D eigenvalue weighted by Gasteiger charge is 2.23. The second-order valence-electron chi connectivity index (χ2n) is 5.84. The van der Waals surface area contributed by atoms with Gasteiger partial charge < -0.3 is 10.4 Å². The summed E-state index contributed by atoms with van der Waals surface area (Å²) in [4.78, 5) is 0. The number of hydrogen-bond acceptors (Lipinski definition) is 2. The lowest BCUT2D eigenvalue weighted by molar-refractivity contribution is 0.227. The molecule has 18 heavy (non-hydrogen) atoms. The second kappa shape index (κ2) is 6.24. The van der Waals surface area contributed by atoms with Gasteiger partial charge in [-0.3, -0.25) is 0 Å². The van der Waals surface area contributed by atoms with Crippen LogP contribution in [0.5, 0.6) is 5.75 Å². The molecule has 1 aromatic rings. The van der Waals surface area contributed by atoms with Crippen LogP contribution in [-0.2, 0) is 6.42 Å². The number of nitrogens with one attached hydrogen (secondary N) is 1. The van der Waals surface area contributed by atoms with E-state index >= 15 is 0 Å². The molecule has 0 aromatic heterocycles. The van der Waals surface area contributed by atoms with Crippen LogP contribution in [0.1, 0.15) is 38.7 Å². The first-order chi connectivity index (χ1) is 8.65. The van der Waals surface area contributed by atoms with Gasteiger partial charge in [0, 0.05) is 6.04 Å². The summed E-state index contributed by atoms with van der Waals surface area (Å²) >= 11 is 0. The first kappa shape index (κ1) is 13.4. The van der Waals surface area contributed by atoms with Crippen molar-refractivity contribution in [2.24, 2.45) is 11.8 Å². The van der Waals surface area contributed by atoms with Gasteiger partial charge in [0.25, 0.3) is 0 Å². The Labute approximate surface area is 110 Å². The number of aromatic hydroxyl groups is 1. The quantitative estimate of drug-likeness (QED) is 0.855. The van der Waals surface area contributed by atoms with Crippen LogP contribution in [0.25, 0.3) is 0 Å². The van der Waals surface area contributed by atoms with Crippen LogP contribution in [-0.4, -0.2) is 17.7 Å². The molecule has 3 unspecified atom stereocenters. The third-order valence-electron chi connectivity index (χ3n) is 4.38. The number of phenols is 1. The monoisotopic (exact) mass is 247 g/mol. The van der Waals surface area contributed by atoms with Crippen LogP contribution in [0.3, 0.4) is 0 Å². The first-order valence-corrected chi connectivity index (χ1v) is 7.16. The van der Waals surface area contributed by atoms with Gasteiger partial charge in [0.1, 0.15) is 5.75 Å². The zero-order valence-corrected chi connectivity index (χ0v) is 11.5. The van der Waals surface area contributed by atoms with Crippen molar-refractivity contribution in [1.82, 2.24) is 5.32 Å². The summed E-state index contributed by atoms with van der Waals surface area (Å²) in [6.07, 6.45) is 5.04. The third kappa shape index (κ3) is 3.74. The molecular weight excluding hydrogens is 222 g/mol. The summed E-state index contributed by atoms with van der Waals surface area (Å²) in [5, 5.41) is 12.9. The zero-order valence-electron chi connectivity index (χ0n) is 11.5. The normalized spacial score (nSPS) is 28.2. The minimum atomic E-state index is 0.349. The molecule has 1 saturated carbocycles. The zero-order chi connectivity index (χ0) is 13.0. The highest BCUT2D eigenvalue weighted by atomic mass is 16.3.